The molecule has 0 aromatic rings. The Hall–Kier alpha value is -1.01. The van der Waals surface area contributed by atoms with Crippen LogP contribution in [-0.2, 0) is 4.79 Å². The average molecular weight is 252 g/mol. The molecular formula is C9H18ClN3O3. The summed E-state index contributed by atoms with van der Waals surface area (Å²) in [5, 5.41) is 8.64. The minimum atomic E-state index is -0.965. The molecule has 94 valence electrons. The highest BCUT2D eigenvalue weighted by Crippen LogP contribution is 2.21. The molecule has 6 nitrogen and oxygen atoms in total. The number of hydrogen-bond acceptors (Lipinski definition) is 3. The van der Waals surface area contributed by atoms with Gasteiger partial charge in [0, 0.05) is 13.1 Å². The van der Waals surface area contributed by atoms with E-state index in [9.17, 15) is 9.59 Å². The van der Waals surface area contributed by atoms with E-state index in [1.165, 1.54) is 0 Å². The van der Waals surface area contributed by atoms with E-state index in [1.807, 2.05) is 0 Å². The number of amides is 2. The Kier molecular flexibility index (Phi) is 6.13. The molecule has 0 unspecified atom stereocenters. The van der Waals surface area contributed by atoms with E-state index in [0.717, 1.165) is 12.8 Å². The van der Waals surface area contributed by atoms with Gasteiger partial charge in [-0.15, -0.1) is 12.4 Å². The molecule has 1 heterocycles. The van der Waals surface area contributed by atoms with Gasteiger partial charge in [0.1, 0.15) is 6.04 Å². The standard InChI is InChI=1S/C9H17N3O3.ClH/c10-7(8(13)14)5-6-1-3-12(4-2-6)9(11)15;/h6-7H,1-5,10H2,(H2,11,15)(H,13,14);1H/t7-;/m0./s1. The molecule has 0 spiro atoms. The molecule has 0 bridgehead atoms. The van der Waals surface area contributed by atoms with Crippen LogP contribution < -0.4 is 11.5 Å². The van der Waals surface area contributed by atoms with Crippen molar-refractivity contribution < 1.29 is 14.7 Å². The molecule has 1 aliphatic heterocycles. The second kappa shape index (κ2) is 6.55. The number of hydrogen-bond donors (Lipinski definition) is 3. The number of rotatable bonds is 3. The van der Waals surface area contributed by atoms with Crippen LogP contribution >= 0.6 is 12.4 Å². The topological polar surface area (TPSA) is 110 Å². The van der Waals surface area contributed by atoms with Crippen molar-refractivity contribution in [3.63, 3.8) is 0 Å². The first-order valence-electron chi connectivity index (χ1n) is 5.03. The molecule has 1 aliphatic rings. The molecule has 0 aliphatic carbocycles. The number of aliphatic carboxylic acids is 1. The zero-order valence-electron chi connectivity index (χ0n) is 8.96. The zero-order valence-corrected chi connectivity index (χ0v) is 9.78. The van der Waals surface area contributed by atoms with Crippen LogP contribution in [0.3, 0.4) is 0 Å². The number of primary amides is 1. The molecule has 2 amide bonds. The Balaban J connectivity index is 0.00000225. The highest BCUT2D eigenvalue weighted by atomic mass is 35.5. The third-order valence-electron chi connectivity index (χ3n) is 2.83. The molecule has 5 N–H and O–H groups in total. The van der Waals surface area contributed by atoms with Gasteiger partial charge in [0.2, 0.25) is 0 Å². The Morgan fingerprint density at radius 3 is 2.25 bits per heavy atom. The SMILES string of the molecule is Cl.NC(=O)N1CCC(C[C@H](N)C(=O)O)CC1. The highest BCUT2D eigenvalue weighted by molar-refractivity contribution is 5.85. The predicted octanol–water partition coefficient (Wildman–Crippen LogP) is 0.000900. The smallest absolute Gasteiger partial charge is 0.320 e. The minimum absolute atomic E-state index is 0. The number of urea groups is 1. The van der Waals surface area contributed by atoms with Crippen LogP contribution in [-0.4, -0.2) is 41.1 Å². The van der Waals surface area contributed by atoms with E-state index < -0.39 is 18.0 Å². The van der Waals surface area contributed by atoms with Crippen LogP contribution in [0.25, 0.3) is 0 Å². The van der Waals surface area contributed by atoms with Crippen molar-refractivity contribution in [3.8, 4) is 0 Å². The maximum Gasteiger partial charge on any atom is 0.320 e. The summed E-state index contributed by atoms with van der Waals surface area (Å²) in [6.45, 7) is 1.21. The Labute approximate surface area is 100 Å². The van der Waals surface area contributed by atoms with Gasteiger partial charge in [0.05, 0.1) is 0 Å². The minimum Gasteiger partial charge on any atom is -0.480 e. The fourth-order valence-corrected chi connectivity index (χ4v) is 1.85. The van der Waals surface area contributed by atoms with Crippen LogP contribution in [0.4, 0.5) is 4.79 Å². The van der Waals surface area contributed by atoms with Gasteiger partial charge >= 0.3 is 12.0 Å². The van der Waals surface area contributed by atoms with Crippen molar-refractivity contribution >= 4 is 24.4 Å². The van der Waals surface area contributed by atoms with E-state index in [1.54, 1.807) is 4.90 Å². The molecule has 0 radical (unpaired) electrons. The quantitative estimate of drug-likeness (QED) is 0.656. The summed E-state index contributed by atoms with van der Waals surface area (Å²) in [5.74, 6) is -0.681. The summed E-state index contributed by atoms with van der Waals surface area (Å²) in [4.78, 5) is 22.9. The molecular weight excluding hydrogens is 234 g/mol. The Bertz CT molecular complexity index is 254. The molecule has 7 heteroatoms. The van der Waals surface area contributed by atoms with E-state index in [4.69, 9.17) is 16.6 Å². The molecule has 0 aromatic carbocycles. The summed E-state index contributed by atoms with van der Waals surface area (Å²) in [5.41, 5.74) is 10.6. The third kappa shape index (κ3) is 4.24. The van der Waals surface area contributed by atoms with Crippen molar-refractivity contribution in [2.45, 2.75) is 25.3 Å². The molecule has 16 heavy (non-hydrogen) atoms. The number of carboxylic acids is 1. The summed E-state index contributed by atoms with van der Waals surface area (Å²) in [6, 6.07) is -1.20. The van der Waals surface area contributed by atoms with Crippen LogP contribution in [0, 0.1) is 5.92 Å². The van der Waals surface area contributed by atoms with Gasteiger partial charge < -0.3 is 21.5 Å². The second-order valence-corrected chi connectivity index (χ2v) is 3.95. The molecule has 0 aromatic heterocycles. The first kappa shape index (κ1) is 15.0. The summed E-state index contributed by atoms with van der Waals surface area (Å²) in [6.07, 6.45) is 2.04. The van der Waals surface area contributed by atoms with Crippen molar-refractivity contribution in [3.05, 3.63) is 0 Å². The first-order chi connectivity index (χ1) is 7.00. The zero-order chi connectivity index (χ0) is 11.4. The molecule has 1 rings (SSSR count). The van der Waals surface area contributed by atoms with E-state index in [-0.39, 0.29) is 18.3 Å². The number of halogens is 1. The highest BCUT2D eigenvalue weighted by Gasteiger charge is 2.24. The molecule has 1 fully saturated rings. The third-order valence-corrected chi connectivity index (χ3v) is 2.83. The van der Waals surface area contributed by atoms with Crippen molar-refractivity contribution in [1.82, 2.24) is 4.90 Å². The van der Waals surface area contributed by atoms with Gasteiger partial charge in [-0.3, -0.25) is 4.79 Å². The lowest BCUT2D eigenvalue weighted by atomic mass is 9.90. The van der Waals surface area contributed by atoms with E-state index in [2.05, 4.69) is 0 Å². The Morgan fingerprint density at radius 1 is 1.38 bits per heavy atom. The summed E-state index contributed by atoms with van der Waals surface area (Å²) < 4.78 is 0. The van der Waals surface area contributed by atoms with Crippen LogP contribution in [0.1, 0.15) is 19.3 Å². The largest absolute Gasteiger partial charge is 0.480 e. The number of nitrogens with two attached hydrogens (primary N) is 2. The monoisotopic (exact) mass is 251 g/mol. The van der Waals surface area contributed by atoms with Gasteiger partial charge in [-0.1, -0.05) is 0 Å². The predicted molar refractivity (Wildman–Crippen MR) is 61.4 cm³/mol. The fourth-order valence-electron chi connectivity index (χ4n) is 1.85. The van der Waals surface area contributed by atoms with Gasteiger partial charge in [0.15, 0.2) is 0 Å². The lowest BCUT2D eigenvalue weighted by Gasteiger charge is -2.31. The fraction of sp³-hybridized carbons (Fsp3) is 0.778. The van der Waals surface area contributed by atoms with Gasteiger partial charge in [0.25, 0.3) is 0 Å². The van der Waals surface area contributed by atoms with Crippen molar-refractivity contribution in [1.29, 1.82) is 0 Å². The van der Waals surface area contributed by atoms with Crippen LogP contribution in [0.5, 0.6) is 0 Å². The second-order valence-electron chi connectivity index (χ2n) is 3.95. The van der Waals surface area contributed by atoms with Crippen LogP contribution in [0.2, 0.25) is 0 Å². The van der Waals surface area contributed by atoms with E-state index in [0.29, 0.717) is 19.5 Å². The van der Waals surface area contributed by atoms with E-state index >= 15 is 0 Å². The van der Waals surface area contributed by atoms with Gasteiger partial charge in [-0.25, -0.2) is 4.79 Å². The molecule has 1 atom stereocenters. The number of carboxylic acid groups (broad SMARTS) is 1. The van der Waals surface area contributed by atoms with Gasteiger partial charge in [-0.05, 0) is 25.2 Å². The maximum atomic E-state index is 10.8. The number of carbonyl (C=O) groups excluding carboxylic acids is 1. The maximum absolute atomic E-state index is 10.8. The Morgan fingerprint density at radius 2 is 1.88 bits per heavy atom. The summed E-state index contributed by atoms with van der Waals surface area (Å²) in [7, 11) is 0. The lowest BCUT2D eigenvalue weighted by Crippen LogP contribution is -2.43. The van der Waals surface area contributed by atoms with Gasteiger partial charge in [-0.2, -0.15) is 0 Å². The van der Waals surface area contributed by atoms with Crippen molar-refractivity contribution in [2.75, 3.05) is 13.1 Å². The summed E-state index contributed by atoms with van der Waals surface area (Å²) >= 11 is 0. The average Bonchev–Trinajstić information content (AvgIpc) is 2.18. The first-order valence-corrected chi connectivity index (χ1v) is 5.03. The number of likely N-dealkylation sites (tertiary alicyclic amines) is 1. The number of nitrogens with zero attached hydrogens (tertiary/aromatic N) is 1. The normalized spacial score (nSPS) is 18.7. The van der Waals surface area contributed by atoms with Crippen molar-refractivity contribution in [2.24, 2.45) is 17.4 Å². The molecule has 1 saturated heterocycles. The lowest BCUT2D eigenvalue weighted by molar-refractivity contribution is -0.139. The molecule has 0 saturated carbocycles. The number of piperidine rings is 1. The van der Waals surface area contributed by atoms with Crippen LogP contribution in [0.15, 0.2) is 0 Å². The number of carbonyl (C=O) groups is 2.